The van der Waals surface area contributed by atoms with Crippen LogP contribution >= 0.6 is 11.6 Å². The molecule has 0 aliphatic heterocycles. The fourth-order valence-electron chi connectivity index (χ4n) is 3.43. The number of hydrogen-bond donors (Lipinski definition) is 1. The second-order valence-electron chi connectivity index (χ2n) is 7.37. The molecule has 0 radical (unpaired) electrons. The Bertz CT molecular complexity index is 1390. The molecule has 4 aromatic rings. The highest BCUT2D eigenvalue weighted by atomic mass is 35.5. The van der Waals surface area contributed by atoms with Gasteiger partial charge in [-0.15, -0.1) is 0 Å². The van der Waals surface area contributed by atoms with Gasteiger partial charge in [0.2, 0.25) is 5.91 Å². The van der Waals surface area contributed by atoms with E-state index in [9.17, 15) is 9.59 Å². The van der Waals surface area contributed by atoms with Gasteiger partial charge in [0.15, 0.2) is 5.52 Å². The van der Waals surface area contributed by atoms with Crippen LogP contribution in [0.3, 0.4) is 0 Å². The molecular weight excluding hydrogens is 432 g/mol. The number of benzene rings is 2. The molecule has 0 saturated carbocycles. The van der Waals surface area contributed by atoms with Crippen molar-refractivity contribution >= 4 is 34.1 Å². The lowest BCUT2D eigenvalue weighted by Gasteiger charge is -2.17. The molecule has 2 aromatic heterocycles. The third kappa shape index (κ3) is 3.73. The van der Waals surface area contributed by atoms with E-state index in [2.05, 4.69) is 15.6 Å². The third-order valence-electron chi connectivity index (χ3n) is 5.33. The summed E-state index contributed by atoms with van der Waals surface area (Å²) in [5, 5.41) is 12.3. The highest BCUT2D eigenvalue weighted by Crippen LogP contribution is 2.30. The first-order valence-corrected chi connectivity index (χ1v) is 10.3. The lowest BCUT2D eigenvalue weighted by molar-refractivity contribution is -0.119. The van der Waals surface area contributed by atoms with Crippen LogP contribution in [-0.4, -0.2) is 28.0 Å². The minimum atomic E-state index is -0.924. The lowest BCUT2D eigenvalue weighted by Crippen LogP contribution is -2.34. The van der Waals surface area contributed by atoms with Crippen molar-refractivity contribution in [2.75, 3.05) is 12.4 Å². The first kappa shape index (κ1) is 21.6. The zero-order valence-electron chi connectivity index (χ0n) is 18.0. The predicted octanol–water partition coefficient (Wildman–Crippen LogP) is 4.53. The second-order valence-corrected chi connectivity index (χ2v) is 7.78. The van der Waals surface area contributed by atoms with Gasteiger partial charge in [-0.05, 0) is 50.6 Å². The van der Waals surface area contributed by atoms with Crippen molar-refractivity contribution in [3.05, 3.63) is 69.2 Å². The molecule has 1 unspecified atom stereocenters. The van der Waals surface area contributed by atoms with Crippen molar-refractivity contribution in [3.63, 3.8) is 0 Å². The predicted molar refractivity (Wildman–Crippen MR) is 122 cm³/mol. The molecule has 1 atom stereocenters. The Morgan fingerprint density at radius 3 is 2.72 bits per heavy atom. The first-order chi connectivity index (χ1) is 15.3. The number of amides is 1. The zero-order chi connectivity index (χ0) is 23.0. The maximum Gasteiger partial charge on any atom is 0.297 e. The monoisotopic (exact) mass is 452 g/mol. The molecule has 2 aromatic carbocycles. The summed E-state index contributed by atoms with van der Waals surface area (Å²) in [6.07, 6.45) is 0. The molecule has 0 bridgehead atoms. The molecule has 1 amide bonds. The highest BCUT2D eigenvalue weighted by molar-refractivity contribution is 6.31. The Morgan fingerprint density at radius 1 is 1.22 bits per heavy atom. The van der Waals surface area contributed by atoms with Crippen LogP contribution in [0.1, 0.15) is 24.3 Å². The summed E-state index contributed by atoms with van der Waals surface area (Å²) >= 11 is 6.15. The number of nitrogens with zero attached hydrogens (tertiary/aromatic N) is 3. The molecule has 8 nitrogen and oxygen atoms in total. The van der Waals surface area contributed by atoms with Gasteiger partial charge in [0.25, 0.3) is 5.56 Å². The van der Waals surface area contributed by atoms with Gasteiger partial charge in [-0.2, -0.15) is 5.10 Å². The van der Waals surface area contributed by atoms with E-state index in [1.165, 1.54) is 0 Å². The van der Waals surface area contributed by atoms with Gasteiger partial charge in [-0.3, -0.25) is 9.59 Å². The molecule has 9 heteroatoms. The number of aryl methyl sites for hydroxylation is 1. The van der Waals surface area contributed by atoms with Gasteiger partial charge in [-0.25, -0.2) is 4.68 Å². The SMILES string of the molecule is COc1cccc(-c2nn(C(C)C(=O)Nc3cccc(Cl)c3C)c(=O)c3noc(C)c23)c1. The summed E-state index contributed by atoms with van der Waals surface area (Å²) in [6.45, 7) is 5.11. The molecule has 1 N–H and O–H groups in total. The molecule has 32 heavy (non-hydrogen) atoms. The number of aromatic nitrogens is 3. The minimum absolute atomic E-state index is 0.105. The molecule has 0 fully saturated rings. The normalized spacial score (nSPS) is 12.0. The van der Waals surface area contributed by atoms with Gasteiger partial charge in [0.1, 0.15) is 23.2 Å². The highest BCUT2D eigenvalue weighted by Gasteiger charge is 2.25. The molecule has 0 saturated heterocycles. The number of carbonyl (C=O) groups is 1. The number of methoxy groups -OCH3 is 1. The van der Waals surface area contributed by atoms with Crippen molar-refractivity contribution in [3.8, 4) is 17.0 Å². The largest absolute Gasteiger partial charge is 0.497 e. The number of ether oxygens (including phenoxy) is 1. The number of carbonyl (C=O) groups excluding carboxylic acids is 1. The van der Waals surface area contributed by atoms with Gasteiger partial charge >= 0.3 is 0 Å². The Hall–Kier alpha value is -3.65. The second kappa shape index (κ2) is 8.47. The number of anilines is 1. The lowest BCUT2D eigenvalue weighted by atomic mass is 10.1. The van der Waals surface area contributed by atoms with Crippen LogP contribution < -0.4 is 15.6 Å². The van der Waals surface area contributed by atoms with Gasteiger partial charge in [-0.1, -0.05) is 35.0 Å². The Morgan fingerprint density at radius 2 is 1.97 bits per heavy atom. The van der Waals surface area contributed by atoms with E-state index < -0.39 is 17.5 Å². The van der Waals surface area contributed by atoms with Crippen LogP contribution in [0.4, 0.5) is 5.69 Å². The quantitative estimate of drug-likeness (QED) is 0.477. The van der Waals surface area contributed by atoms with E-state index in [0.717, 1.165) is 10.2 Å². The average Bonchev–Trinajstić information content (AvgIpc) is 3.19. The summed E-state index contributed by atoms with van der Waals surface area (Å²) in [5.41, 5.74) is 2.05. The van der Waals surface area contributed by atoms with Crippen molar-refractivity contribution in [2.45, 2.75) is 26.8 Å². The summed E-state index contributed by atoms with van der Waals surface area (Å²) in [5.74, 6) is 0.675. The van der Waals surface area contributed by atoms with Crippen molar-refractivity contribution in [1.29, 1.82) is 0 Å². The molecule has 164 valence electrons. The summed E-state index contributed by atoms with van der Waals surface area (Å²) in [6, 6.07) is 11.6. The molecular formula is C23H21ClN4O4. The van der Waals surface area contributed by atoms with Crippen LogP contribution in [0.15, 0.2) is 51.8 Å². The smallest absolute Gasteiger partial charge is 0.297 e. The Balaban J connectivity index is 1.82. The van der Waals surface area contributed by atoms with Crippen LogP contribution in [0.25, 0.3) is 22.2 Å². The van der Waals surface area contributed by atoms with E-state index in [4.69, 9.17) is 20.9 Å². The fourth-order valence-corrected chi connectivity index (χ4v) is 3.61. The Labute approximate surface area is 188 Å². The number of hydrogen-bond acceptors (Lipinski definition) is 6. The van der Waals surface area contributed by atoms with Crippen molar-refractivity contribution in [1.82, 2.24) is 14.9 Å². The fraction of sp³-hybridized carbons (Fsp3) is 0.217. The molecule has 0 aliphatic rings. The van der Waals surface area contributed by atoms with Crippen LogP contribution in [-0.2, 0) is 4.79 Å². The van der Waals surface area contributed by atoms with E-state index in [-0.39, 0.29) is 5.52 Å². The maximum absolute atomic E-state index is 13.1. The molecule has 0 aliphatic carbocycles. The standard InChI is InChI=1S/C23H21ClN4O4/c1-12-17(24)9-6-10-18(12)25-22(29)13(2)28-23(30)21-19(14(3)32-27-21)20(26-28)15-7-5-8-16(11-15)31-4/h5-11,13H,1-4H3,(H,25,29). The van der Waals surface area contributed by atoms with Crippen LogP contribution in [0.2, 0.25) is 5.02 Å². The van der Waals surface area contributed by atoms with Gasteiger partial charge < -0.3 is 14.6 Å². The number of rotatable bonds is 5. The Kier molecular flexibility index (Phi) is 5.71. The molecule has 4 rings (SSSR count). The summed E-state index contributed by atoms with van der Waals surface area (Å²) in [4.78, 5) is 26.1. The number of halogens is 1. The molecule has 0 spiro atoms. The third-order valence-corrected chi connectivity index (χ3v) is 5.74. The summed E-state index contributed by atoms with van der Waals surface area (Å²) in [7, 11) is 1.57. The van der Waals surface area contributed by atoms with E-state index in [1.54, 1.807) is 58.2 Å². The number of nitrogens with one attached hydrogen (secondary N) is 1. The van der Waals surface area contributed by atoms with E-state index in [0.29, 0.717) is 38.9 Å². The van der Waals surface area contributed by atoms with Gasteiger partial charge in [0, 0.05) is 16.3 Å². The summed E-state index contributed by atoms with van der Waals surface area (Å²) < 4.78 is 11.7. The first-order valence-electron chi connectivity index (χ1n) is 9.91. The van der Waals surface area contributed by atoms with E-state index >= 15 is 0 Å². The van der Waals surface area contributed by atoms with Crippen LogP contribution in [0, 0.1) is 13.8 Å². The van der Waals surface area contributed by atoms with Crippen LogP contribution in [0.5, 0.6) is 5.75 Å². The van der Waals surface area contributed by atoms with Gasteiger partial charge in [0.05, 0.1) is 12.5 Å². The average molecular weight is 453 g/mol. The minimum Gasteiger partial charge on any atom is -0.497 e. The van der Waals surface area contributed by atoms with E-state index in [1.807, 2.05) is 12.1 Å². The maximum atomic E-state index is 13.1. The number of fused-ring (bicyclic) bond motifs is 1. The topological polar surface area (TPSA) is 99.2 Å². The van der Waals surface area contributed by atoms with Crippen molar-refractivity contribution in [2.24, 2.45) is 0 Å². The zero-order valence-corrected chi connectivity index (χ0v) is 18.7. The van der Waals surface area contributed by atoms with Crippen molar-refractivity contribution < 1.29 is 14.1 Å². The molecule has 2 heterocycles.